The summed E-state index contributed by atoms with van der Waals surface area (Å²) in [6, 6.07) is 10.2. The van der Waals surface area contributed by atoms with Crippen molar-refractivity contribution in [3.63, 3.8) is 0 Å². The van der Waals surface area contributed by atoms with Gasteiger partial charge in [0, 0.05) is 11.0 Å². The fraction of sp³-hybridized carbons (Fsp3) is 0.357. The van der Waals surface area contributed by atoms with E-state index in [0.717, 1.165) is 17.7 Å². The smallest absolute Gasteiger partial charge is 0.0991 e. The minimum absolute atomic E-state index is 0.566. The number of hydrogen-bond donors (Lipinski definition) is 0. The van der Waals surface area contributed by atoms with Crippen molar-refractivity contribution in [1.29, 1.82) is 5.26 Å². The predicted molar refractivity (Wildman–Crippen MR) is 69.3 cm³/mol. The molecular formula is C14H15NS. The lowest BCUT2D eigenvalue weighted by molar-refractivity contribution is 0.883. The predicted octanol–water partition coefficient (Wildman–Crippen LogP) is 4.07. The third-order valence-electron chi connectivity index (χ3n) is 3.13. The van der Waals surface area contributed by atoms with Gasteiger partial charge in [-0.2, -0.15) is 5.26 Å². The van der Waals surface area contributed by atoms with E-state index in [1.807, 2.05) is 23.9 Å². The van der Waals surface area contributed by atoms with Crippen LogP contribution in [-0.4, -0.2) is 5.75 Å². The Hall–Kier alpha value is -1.20. The highest BCUT2D eigenvalue weighted by Crippen LogP contribution is 2.40. The summed E-state index contributed by atoms with van der Waals surface area (Å²) in [6.07, 6.45) is 1.14. The van der Waals surface area contributed by atoms with Gasteiger partial charge >= 0.3 is 0 Å². The van der Waals surface area contributed by atoms with E-state index in [1.54, 1.807) is 0 Å². The molecule has 1 aliphatic heterocycles. The van der Waals surface area contributed by atoms with Crippen LogP contribution in [0.3, 0.4) is 0 Å². The van der Waals surface area contributed by atoms with E-state index >= 15 is 0 Å². The zero-order chi connectivity index (χ0) is 11.5. The van der Waals surface area contributed by atoms with E-state index in [-0.39, 0.29) is 0 Å². The molecule has 82 valence electrons. The number of thioether (sulfide) groups is 1. The lowest BCUT2D eigenvalue weighted by Gasteiger charge is -2.24. The Labute approximate surface area is 101 Å². The molecule has 1 unspecified atom stereocenters. The molecule has 1 nitrogen and oxygen atoms in total. The molecule has 0 aromatic heterocycles. The zero-order valence-electron chi connectivity index (χ0n) is 9.66. The average Bonchev–Trinajstić information content (AvgIpc) is 2.33. The standard InChI is InChI=1S/C14H15NS/c1-10-7-14(16-9-11(10)2)13-5-3-12(8-15)4-6-13/h3-6,14H,7,9H2,1-2H3. The number of benzene rings is 1. The van der Waals surface area contributed by atoms with Gasteiger partial charge in [0.2, 0.25) is 0 Å². The minimum atomic E-state index is 0.566. The van der Waals surface area contributed by atoms with Crippen molar-refractivity contribution >= 4 is 11.8 Å². The summed E-state index contributed by atoms with van der Waals surface area (Å²) >= 11 is 2.00. The Morgan fingerprint density at radius 1 is 1.19 bits per heavy atom. The van der Waals surface area contributed by atoms with Gasteiger partial charge in [-0.25, -0.2) is 0 Å². The third-order valence-corrected chi connectivity index (χ3v) is 4.57. The first-order valence-corrected chi connectivity index (χ1v) is 6.52. The first-order valence-electron chi connectivity index (χ1n) is 5.47. The van der Waals surface area contributed by atoms with Crippen molar-refractivity contribution in [1.82, 2.24) is 0 Å². The third kappa shape index (κ3) is 2.31. The maximum absolute atomic E-state index is 8.75. The second kappa shape index (κ2) is 4.76. The summed E-state index contributed by atoms with van der Waals surface area (Å²) in [5.74, 6) is 1.14. The fourth-order valence-electron chi connectivity index (χ4n) is 1.85. The quantitative estimate of drug-likeness (QED) is 0.678. The van der Waals surface area contributed by atoms with Crippen LogP contribution in [0.4, 0.5) is 0 Å². The minimum Gasteiger partial charge on any atom is -0.192 e. The van der Waals surface area contributed by atoms with Gasteiger partial charge in [0.25, 0.3) is 0 Å². The van der Waals surface area contributed by atoms with Gasteiger partial charge in [0.15, 0.2) is 0 Å². The van der Waals surface area contributed by atoms with Crippen molar-refractivity contribution < 1.29 is 0 Å². The molecule has 1 aromatic carbocycles. The topological polar surface area (TPSA) is 23.8 Å². The molecule has 0 aliphatic carbocycles. The lowest BCUT2D eigenvalue weighted by Crippen LogP contribution is -2.04. The summed E-state index contributed by atoms with van der Waals surface area (Å²) in [6.45, 7) is 4.45. The Bertz CT molecular complexity index is 451. The number of nitrogens with zero attached hydrogens (tertiary/aromatic N) is 1. The first-order chi connectivity index (χ1) is 7.70. The molecule has 16 heavy (non-hydrogen) atoms. The average molecular weight is 229 g/mol. The molecule has 2 rings (SSSR count). The van der Waals surface area contributed by atoms with Crippen LogP contribution in [0, 0.1) is 11.3 Å². The van der Waals surface area contributed by atoms with Crippen molar-refractivity contribution in [2.24, 2.45) is 0 Å². The summed E-state index contributed by atoms with van der Waals surface area (Å²) in [4.78, 5) is 0. The molecule has 2 heteroatoms. The fourth-order valence-corrected chi connectivity index (χ4v) is 3.26. The summed E-state index contributed by atoms with van der Waals surface area (Å²) < 4.78 is 0. The molecule has 0 N–H and O–H groups in total. The van der Waals surface area contributed by atoms with Gasteiger partial charge in [0.05, 0.1) is 11.6 Å². The maximum Gasteiger partial charge on any atom is 0.0991 e. The molecule has 0 saturated carbocycles. The molecule has 1 heterocycles. The number of nitriles is 1. The number of hydrogen-bond acceptors (Lipinski definition) is 2. The SMILES string of the molecule is CC1=C(C)CC(c2ccc(C#N)cc2)SC1. The lowest BCUT2D eigenvalue weighted by atomic mass is 10.0. The molecule has 0 spiro atoms. The van der Waals surface area contributed by atoms with Crippen molar-refractivity contribution in [2.75, 3.05) is 5.75 Å². The number of rotatable bonds is 1. The van der Waals surface area contributed by atoms with Crippen molar-refractivity contribution in [2.45, 2.75) is 25.5 Å². The van der Waals surface area contributed by atoms with Crippen LogP contribution in [0.15, 0.2) is 35.4 Å². The second-order valence-electron chi connectivity index (χ2n) is 4.30. The van der Waals surface area contributed by atoms with E-state index in [2.05, 4.69) is 32.0 Å². The highest BCUT2D eigenvalue weighted by Gasteiger charge is 2.18. The van der Waals surface area contributed by atoms with Crippen molar-refractivity contribution in [3.05, 3.63) is 46.5 Å². The second-order valence-corrected chi connectivity index (χ2v) is 5.49. The largest absolute Gasteiger partial charge is 0.192 e. The van der Waals surface area contributed by atoms with Gasteiger partial charge in [-0.1, -0.05) is 23.3 Å². The van der Waals surface area contributed by atoms with E-state index < -0.39 is 0 Å². The van der Waals surface area contributed by atoms with Gasteiger partial charge in [-0.15, -0.1) is 11.8 Å². The highest BCUT2D eigenvalue weighted by atomic mass is 32.2. The van der Waals surface area contributed by atoms with Crippen LogP contribution >= 0.6 is 11.8 Å². The van der Waals surface area contributed by atoms with Gasteiger partial charge in [-0.05, 0) is 38.0 Å². The van der Waals surface area contributed by atoms with E-state index in [1.165, 1.54) is 16.7 Å². The Kier molecular flexibility index (Phi) is 3.36. The molecule has 1 atom stereocenters. The van der Waals surface area contributed by atoms with Gasteiger partial charge in [0.1, 0.15) is 0 Å². The van der Waals surface area contributed by atoms with Gasteiger partial charge in [-0.3, -0.25) is 0 Å². The van der Waals surface area contributed by atoms with Crippen LogP contribution in [-0.2, 0) is 0 Å². The summed E-state index contributed by atoms with van der Waals surface area (Å²) in [5.41, 5.74) is 5.13. The molecule has 0 bridgehead atoms. The Balaban J connectivity index is 2.17. The highest BCUT2D eigenvalue weighted by molar-refractivity contribution is 7.99. The Morgan fingerprint density at radius 3 is 2.44 bits per heavy atom. The zero-order valence-corrected chi connectivity index (χ0v) is 10.5. The molecular weight excluding hydrogens is 214 g/mol. The van der Waals surface area contributed by atoms with Crippen LogP contribution in [0.1, 0.15) is 36.6 Å². The van der Waals surface area contributed by atoms with E-state index in [0.29, 0.717) is 5.25 Å². The monoisotopic (exact) mass is 229 g/mol. The molecule has 1 aliphatic rings. The molecule has 0 amide bonds. The normalized spacial score (nSPS) is 20.7. The number of allylic oxidation sites excluding steroid dienone is 1. The molecule has 0 radical (unpaired) electrons. The summed E-state index contributed by atoms with van der Waals surface area (Å²) in [7, 11) is 0. The van der Waals surface area contributed by atoms with E-state index in [4.69, 9.17) is 5.26 Å². The maximum atomic E-state index is 8.75. The molecule has 0 saturated heterocycles. The van der Waals surface area contributed by atoms with Crippen LogP contribution in [0.25, 0.3) is 0 Å². The Morgan fingerprint density at radius 2 is 1.88 bits per heavy atom. The summed E-state index contributed by atoms with van der Waals surface area (Å²) in [5, 5.41) is 9.32. The van der Waals surface area contributed by atoms with Crippen LogP contribution in [0.2, 0.25) is 0 Å². The van der Waals surface area contributed by atoms with Crippen molar-refractivity contribution in [3.8, 4) is 6.07 Å². The molecule has 1 aromatic rings. The van der Waals surface area contributed by atoms with Crippen LogP contribution < -0.4 is 0 Å². The van der Waals surface area contributed by atoms with Crippen LogP contribution in [0.5, 0.6) is 0 Å². The molecule has 0 fully saturated rings. The van der Waals surface area contributed by atoms with Gasteiger partial charge < -0.3 is 0 Å². The van der Waals surface area contributed by atoms with E-state index in [9.17, 15) is 0 Å². The first kappa shape index (κ1) is 11.3.